The first-order valence-corrected chi connectivity index (χ1v) is 8.11. The van der Waals surface area contributed by atoms with E-state index in [1.54, 1.807) is 0 Å². The lowest BCUT2D eigenvalue weighted by Gasteiger charge is -2.43. The molecule has 0 nitrogen and oxygen atoms in total. The van der Waals surface area contributed by atoms with Crippen LogP contribution in [0.3, 0.4) is 0 Å². The summed E-state index contributed by atoms with van der Waals surface area (Å²) < 4.78 is 0. The van der Waals surface area contributed by atoms with E-state index >= 15 is 0 Å². The Balaban J connectivity index is 2.11. The predicted octanol–water partition coefficient (Wildman–Crippen LogP) is 5.67. The number of hydrogen-bond donors (Lipinski definition) is 0. The molecule has 0 aliphatic heterocycles. The van der Waals surface area contributed by atoms with Crippen LogP contribution in [-0.2, 0) is 0 Å². The fourth-order valence-electron chi connectivity index (χ4n) is 5.28. The number of hydrogen-bond acceptors (Lipinski definition) is 0. The molecule has 0 spiro atoms. The summed E-state index contributed by atoms with van der Waals surface area (Å²) in [6, 6.07) is 0. The molecule has 0 aromatic carbocycles. The van der Waals surface area contributed by atoms with E-state index in [0.29, 0.717) is 5.41 Å². The average Bonchev–Trinajstić information content (AvgIpc) is 2.97. The molecule has 0 unspecified atom stereocenters. The third kappa shape index (κ3) is 2.42. The molecule has 100 valence electrons. The maximum absolute atomic E-state index is 2.60. The van der Waals surface area contributed by atoms with Crippen molar-refractivity contribution < 1.29 is 0 Å². The van der Waals surface area contributed by atoms with Crippen LogP contribution in [0.25, 0.3) is 0 Å². The molecule has 2 rings (SSSR count). The van der Waals surface area contributed by atoms with Gasteiger partial charge in [0.1, 0.15) is 0 Å². The summed E-state index contributed by atoms with van der Waals surface area (Å²) >= 11 is 0. The van der Waals surface area contributed by atoms with Gasteiger partial charge in [-0.2, -0.15) is 0 Å². The summed E-state index contributed by atoms with van der Waals surface area (Å²) in [7, 11) is 0. The maximum Gasteiger partial charge on any atom is -0.0292 e. The van der Waals surface area contributed by atoms with E-state index in [2.05, 4.69) is 27.7 Å². The SMILES string of the molecule is CC[C@@H]1CCC[C@@H]1C(C)(C)[C@H]1CCC[C@@H]1CC. The van der Waals surface area contributed by atoms with E-state index in [1.165, 1.54) is 51.4 Å². The molecule has 2 aliphatic rings. The molecule has 17 heavy (non-hydrogen) atoms. The molecule has 2 aliphatic carbocycles. The first-order chi connectivity index (χ1) is 8.11. The van der Waals surface area contributed by atoms with Gasteiger partial charge in [-0.05, 0) is 41.9 Å². The molecular formula is C17H32. The summed E-state index contributed by atoms with van der Waals surface area (Å²) in [5.74, 6) is 4.10. The summed E-state index contributed by atoms with van der Waals surface area (Å²) in [6.45, 7) is 10.0. The molecular weight excluding hydrogens is 204 g/mol. The van der Waals surface area contributed by atoms with Crippen molar-refractivity contribution in [2.45, 2.75) is 79.1 Å². The van der Waals surface area contributed by atoms with Crippen molar-refractivity contribution in [3.8, 4) is 0 Å². The van der Waals surface area contributed by atoms with Gasteiger partial charge >= 0.3 is 0 Å². The Morgan fingerprint density at radius 2 is 1.18 bits per heavy atom. The summed E-state index contributed by atoms with van der Waals surface area (Å²) in [4.78, 5) is 0. The lowest BCUT2D eigenvalue weighted by molar-refractivity contribution is 0.0567. The lowest BCUT2D eigenvalue weighted by atomic mass is 9.62. The van der Waals surface area contributed by atoms with Gasteiger partial charge < -0.3 is 0 Å². The highest BCUT2D eigenvalue weighted by Gasteiger charge is 2.46. The Labute approximate surface area is 109 Å². The highest BCUT2D eigenvalue weighted by atomic mass is 14.5. The van der Waals surface area contributed by atoms with Crippen LogP contribution in [0.15, 0.2) is 0 Å². The average molecular weight is 236 g/mol. The molecule has 0 N–H and O–H groups in total. The zero-order chi connectivity index (χ0) is 12.5. The summed E-state index contributed by atoms with van der Waals surface area (Å²) in [5.41, 5.74) is 0.606. The highest BCUT2D eigenvalue weighted by Crippen LogP contribution is 2.55. The summed E-state index contributed by atoms with van der Waals surface area (Å²) in [6.07, 6.45) is 11.9. The molecule has 0 bridgehead atoms. The van der Waals surface area contributed by atoms with Crippen molar-refractivity contribution in [1.29, 1.82) is 0 Å². The Morgan fingerprint density at radius 3 is 1.53 bits per heavy atom. The Hall–Kier alpha value is 0. The predicted molar refractivity (Wildman–Crippen MR) is 76.0 cm³/mol. The van der Waals surface area contributed by atoms with Crippen molar-refractivity contribution in [3.63, 3.8) is 0 Å². The van der Waals surface area contributed by atoms with Gasteiger partial charge in [-0.1, -0.05) is 66.2 Å². The monoisotopic (exact) mass is 236 g/mol. The van der Waals surface area contributed by atoms with Crippen LogP contribution in [0.1, 0.15) is 79.1 Å². The molecule has 0 heterocycles. The van der Waals surface area contributed by atoms with Gasteiger partial charge in [-0.3, -0.25) is 0 Å². The standard InChI is InChI=1S/C17H32/c1-5-13-9-7-11-15(13)17(3,4)16-12-8-10-14(16)6-2/h13-16H,5-12H2,1-4H3/t13-,14+,15-,16-/m0/s1. The Kier molecular flexibility index (Phi) is 4.21. The van der Waals surface area contributed by atoms with Gasteiger partial charge in [0.15, 0.2) is 0 Å². The van der Waals surface area contributed by atoms with Crippen LogP contribution >= 0.6 is 0 Å². The normalized spacial score (nSPS) is 38.8. The maximum atomic E-state index is 2.60. The molecule has 0 radical (unpaired) electrons. The van der Waals surface area contributed by atoms with Gasteiger partial charge in [0.25, 0.3) is 0 Å². The molecule has 2 saturated carbocycles. The van der Waals surface area contributed by atoms with Gasteiger partial charge in [0.05, 0.1) is 0 Å². The van der Waals surface area contributed by atoms with Crippen LogP contribution in [0.4, 0.5) is 0 Å². The first-order valence-electron chi connectivity index (χ1n) is 8.11. The van der Waals surface area contributed by atoms with E-state index < -0.39 is 0 Å². The lowest BCUT2D eigenvalue weighted by Crippen LogP contribution is -2.36. The van der Waals surface area contributed by atoms with Gasteiger partial charge in [0.2, 0.25) is 0 Å². The minimum absolute atomic E-state index is 0.606. The minimum atomic E-state index is 0.606. The van der Waals surface area contributed by atoms with E-state index in [0.717, 1.165) is 23.7 Å². The van der Waals surface area contributed by atoms with Crippen LogP contribution in [0, 0.1) is 29.1 Å². The van der Waals surface area contributed by atoms with E-state index in [9.17, 15) is 0 Å². The third-order valence-electron chi connectivity index (χ3n) is 6.28. The second-order valence-corrected chi connectivity index (χ2v) is 7.23. The van der Waals surface area contributed by atoms with E-state index in [4.69, 9.17) is 0 Å². The second-order valence-electron chi connectivity index (χ2n) is 7.23. The van der Waals surface area contributed by atoms with Gasteiger partial charge in [-0.15, -0.1) is 0 Å². The van der Waals surface area contributed by atoms with E-state index in [1.807, 2.05) is 0 Å². The number of rotatable bonds is 4. The topological polar surface area (TPSA) is 0 Å². The molecule has 2 fully saturated rings. The van der Waals surface area contributed by atoms with Crippen molar-refractivity contribution >= 4 is 0 Å². The van der Waals surface area contributed by atoms with E-state index in [-0.39, 0.29) is 0 Å². The van der Waals surface area contributed by atoms with Crippen LogP contribution < -0.4 is 0 Å². The Bertz CT molecular complexity index is 216. The molecule has 4 atom stereocenters. The van der Waals surface area contributed by atoms with Crippen molar-refractivity contribution in [3.05, 3.63) is 0 Å². The smallest absolute Gasteiger partial charge is 0.0292 e. The molecule has 0 aromatic rings. The minimum Gasteiger partial charge on any atom is -0.0651 e. The molecule has 0 saturated heterocycles. The van der Waals surface area contributed by atoms with Gasteiger partial charge in [0, 0.05) is 0 Å². The largest absolute Gasteiger partial charge is 0.0651 e. The molecule has 0 aromatic heterocycles. The van der Waals surface area contributed by atoms with Crippen molar-refractivity contribution in [1.82, 2.24) is 0 Å². The van der Waals surface area contributed by atoms with Gasteiger partial charge in [-0.25, -0.2) is 0 Å². The fraction of sp³-hybridized carbons (Fsp3) is 1.00. The van der Waals surface area contributed by atoms with Crippen LogP contribution in [-0.4, -0.2) is 0 Å². The van der Waals surface area contributed by atoms with Crippen LogP contribution in [0.5, 0.6) is 0 Å². The fourth-order valence-corrected chi connectivity index (χ4v) is 5.28. The van der Waals surface area contributed by atoms with Crippen molar-refractivity contribution in [2.24, 2.45) is 29.1 Å². The molecule has 0 heteroatoms. The first kappa shape index (κ1) is 13.4. The molecule has 0 amide bonds. The quantitative estimate of drug-likeness (QED) is 0.590. The van der Waals surface area contributed by atoms with Crippen LogP contribution in [0.2, 0.25) is 0 Å². The third-order valence-corrected chi connectivity index (χ3v) is 6.28. The second kappa shape index (κ2) is 5.33. The summed E-state index contributed by atoms with van der Waals surface area (Å²) in [5, 5.41) is 0. The van der Waals surface area contributed by atoms with Crippen molar-refractivity contribution in [2.75, 3.05) is 0 Å². The Morgan fingerprint density at radius 1 is 0.765 bits per heavy atom. The zero-order valence-electron chi connectivity index (χ0n) is 12.5. The zero-order valence-corrected chi connectivity index (χ0v) is 12.5. The highest BCUT2D eigenvalue weighted by molar-refractivity contribution is 4.95.